The van der Waals surface area contributed by atoms with E-state index in [1.165, 1.54) is 25.9 Å². The molecule has 1 aromatic rings. The van der Waals surface area contributed by atoms with E-state index in [0.717, 1.165) is 18.7 Å². The smallest absolute Gasteiger partial charge is 0.126 e. The van der Waals surface area contributed by atoms with E-state index < -0.39 is 0 Å². The first kappa shape index (κ1) is 13.5. The molecule has 1 unspecified atom stereocenters. The van der Waals surface area contributed by atoms with E-state index in [9.17, 15) is 4.39 Å². The van der Waals surface area contributed by atoms with Gasteiger partial charge in [-0.15, -0.1) is 0 Å². The Labute approximate surface area is 109 Å². The third kappa shape index (κ3) is 3.79. The first-order chi connectivity index (χ1) is 8.65. The van der Waals surface area contributed by atoms with Crippen molar-refractivity contribution in [1.29, 1.82) is 0 Å². The van der Waals surface area contributed by atoms with E-state index in [1.54, 1.807) is 13.0 Å². The number of hydrogen-bond donors (Lipinski definition) is 1. The van der Waals surface area contributed by atoms with Crippen molar-refractivity contribution >= 4 is 0 Å². The van der Waals surface area contributed by atoms with Crippen LogP contribution < -0.4 is 5.32 Å². The van der Waals surface area contributed by atoms with Crippen LogP contribution in [-0.2, 0) is 6.54 Å². The minimum atomic E-state index is -0.110. The van der Waals surface area contributed by atoms with Crippen LogP contribution in [0.4, 0.5) is 4.39 Å². The molecular weight excluding hydrogens is 227 g/mol. The van der Waals surface area contributed by atoms with Gasteiger partial charge in [-0.3, -0.25) is 0 Å². The second-order valence-electron chi connectivity index (χ2n) is 5.37. The molecule has 1 aliphatic rings. The van der Waals surface area contributed by atoms with Gasteiger partial charge in [-0.25, -0.2) is 4.39 Å². The van der Waals surface area contributed by atoms with Gasteiger partial charge >= 0.3 is 0 Å². The number of nitrogens with one attached hydrogen (secondary N) is 1. The van der Waals surface area contributed by atoms with Crippen molar-refractivity contribution in [3.63, 3.8) is 0 Å². The molecule has 0 saturated carbocycles. The number of benzene rings is 1. The van der Waals surface area contributed by atoms with Crippen molar-refractivity contribution < 1.29 is 4.39 Å². The predicted molar refractivity (Wildman–Crippen MR) is 73.1 cm³/mol. The molecule has 2 rings (SSSR count). The molecule has 1 atom stereocenters. The van der Waals surface area contributed by atoms with Gasteiger partial charge in [0, 0.05) is 19.1 Å². The van der Waals surface area contributed by atoms with Crippen molar-refractivity contribution in [2.45, 2.75) is 39.3 Å². The number of halogens is 1. The van der Waals surface area contributed by atoms with Gasteiger partial charge < -0.3 is 10.2 Å². The summed E-state index contributed by atoms with van der Waals surface area (Å²) in [4.78, 5) is 2.49. The molecule has 1 fully saturated rings. The fraction of sp³-hybridized carbons (Fsp3) is 0.600. The summed E-state index contributed by atoms with van der Waals surface area (Å²) in [5.74, 6) is -0.110. The molecule has 0 amide bonds. The van der Waals surface area contributed by atoms with Gasteiger partial charge in [0.25, 0.3) is 0 Å². The van der Waals surface area contributed by atoms with E-state index in [-0.39, 0.29) is 5.82 Å². The summed E-state index contributed by atoms with van der Waals surface area (Å²) in [5, 5.41) is 3.46. The molecule has 1 heterocycles. The number of hydrogen-bond acceptors (Lipinski definition) is 2. The minimum Gasteiger partial charge on any atom is -0.309 e. The van der Waals surface area contributed by atoms with Gasteiger partial charge in [-0.05, 0) is 57.0 Å². The molecule has 0 spiro atoms. The Bertz CT molecular complexity index is 386. The first-order valence-corrected chi connectivity index (χ1v) is 6.86. The molecule has 0 aromatic heterocycles. The quantitative estimate of drug-likeness (QED) is 0.864. The normalized spacial score (nSPS) is 18.2. The molecule has 100 valence electrons. The highest BCUT2D eigenvalue weighted by Gasteiger charge is 2.14. The summed E-state index contributed by atoms with van der Waals surface area (Å²) in [6, 6.07) is 5.92. The van der Waals surface area contributed by atoms with Crippen LogP contribution >= 0.6 is 0 Å². The Morgan fingerprint density at radius 2 is 2.06 bits per heavy atom. The van der Waals surface area contributed by atoms with E-state index in [1.807, 2.05) is 12.1 Å². The molecule has 0 bridgehead atoms. The van der Waals surface area contributed by atoms with Crippen LogP contribution in [0.2, 0.25) is 0 Å². The third-order valence-electron chi connectivity index (χ3n) is 3.62. The molecule has 0 radical (unpaired) electrons. The highest BCUT2D eigenvalue weighted by molar-refractivity contribution is 5.23. The minimum absolute atomic E-state index is 0.110. The van der Waals surface area contributed by atoms with Gasteiger partial charge in [-0.1, -0.05) is 12.1 Å². The fourth-order valence-electron chi connectivity index (χ4n) is 2.46. The first-order valence-electron chi connectivity index (χ1n) is 6.86. The van der Waals surface area contributed by atoms with Crippen LogP contribution in [0.5, 0.6) is 0 Å². The van der Waals surface area contributed by atoms with Gasteiger partial charge in [-0.2, -0.15) is 0 Å². The molecule has 2 nitrogen and oxygen atoms in total. The number of likely N-dealkylation sites (tertiary alicyclic amines) is 1. The number of nitrogens with zero attached hydrogens (tertiary/aromatic N) is 1. The zero-order chi connectivity index (χ0) is 13.0. The Morgan fingerprint density at radius 3 is 2.72 bits per heavy atom. The van der Waals surface area contributed by atoms with Crippen LogP contribution in [-0.4, -0.2) is 30.6 Å². The largest absolute Gasteiger partial charge is 0.309 e. The topological polar surface area (TPSA) is 15.3 Å². The van der Waals surface area contributed by atoms with Crippen molar-refractivity contribution in [2.24, 2.45) is 0 Å². The summed E-state index contributed by atoms with van der Waals surface area (Å²) in [7, 11) is 0. The van der Waals surface area contributed by atoms with Gasteiger partial charge in [0.05, 0.1) is 0 Å². The Kier molecular flexibility index (Phi) is 4.72. The Morgan fingerprint density at radius 1 is 1.33 bits per heavy atom. The molecule has 0 aliphatic carbocycles. The standard InChI is InChI=1S/C15H23FN2/c1-12-5-6-14(9-15(12)16)10-17-13(2)11-18-7-3-4-8-18/h5-6,9,13,17H,3-4,7-8,10-11H2,1-2H3. The molecule has 1 saturated heterocycles. The fourth-order valence-corrected chi connectivity index (χ4v) is 2.46. The molecule has 3 heteroatoms. The predicted octanol–water partition coefficient (Wildman–Crippen LogP) is 2.71. The van der Waals surface area contributed by atoms with Crippen molar-refractivity contribution in [3.8, 4) is 0 Å². The highest BCUT2D eigenvalue weighted by Crippen LogP contribution is 2.10. The zero-order valence-corrected chi connectivity index (χ0v) is 11.4. The van der Waals surface area contributed by atoms with Crippen molar-refractivity contribution in [3.05, 3.63) is 35.1 Å². The maximum absolute atomic E-state index is 13.4. The van der Waals surface area contributed by atoms with Gasteiger partial charge in [0.2, 0.25) is 0 Å². The molecular formula is C15H23FN2. The monoisotopic (exact) mass is 250 g/mol. The Hall–Kier alpha value is -0.930. The Balaban J connectivity index is 1.77. The summed E-state index contributed by atoms with van der Waals surface area (Å²) in [5.41, 5.74) is 1.73. The maximum Gasteiger partial charge on any atom is 0.126 e. The molecule has 1 aliphatic heterocycles. The van der Waals surface area contributed by atoms with Crippen LogP contribution in [0.1, 0.15) is 30.9 Å². The lowest BCUT2D eigenvalue weighted by Crippen LogP contribution is -2.37. The lowest BCUT2D eigenvalue weighted by atomic mass is 10.1. The average Bonchev–Trinajstić information content (AvgIpc) is 2.83. The maximum atomic E-state index is 13.4. The van der Waals surface area contributed by atoms with Crippen LogP contribution in [0, 0.1) is 12.7 Å². The van der Waals surface area contributed by atoms with Crippen molar-refractivity contribution in [2.75, 3.05) is 19.6 Å². The summed E-state index contributed by atoms with van der Waals surface area (Å²) < 4.78 is 13.4. The zero-order valence-electron chi connectivity index (χ0n) is 11.4. The highest BCUT2D eigenvalue weighted by atomic mass is 19.1. The summed E-state index contributed by atoms with van der Waals surface area (Å²) in [6.45, 7) is 8.28. The lowest BCUT2D eigenvalue weighted by Gasteiger charge is -2.21. The summed E-state index contributed by atoms with van der Waals surface area (Å²) >= 11 is 0. The van der Waals surface area contributed by atoms with Crippen LogP contribution in [0.15, 0.2) is 18.2 Å². The molecule has 1 aromatic carbocycles. The lowest BCUT2D eigenvalue weighted by molar-refractivity contribution is 0.298. The summed E-state index contributed by atoms with van der Waals surface area (Å²) in [6.07, 6.45) is 2.66. The van der Waals surface area contributed by atoms with Crippen molar-refractivity contribution in [1.82, 2.24) is 10.2 Å². The number of rotatable bonds is 5. The average molecular weight is 250 g/mol. The van der Waals surface area contributed by atoms with Crippen LogP contribution in [0.3, 0.4) is 0 Å². The second kappa shape index (κ2) is 6.30. The van der Waals surface area contributed by atoms with E-state index >= 15 is 0 Å². The van der Waals surface area contributed by atoms with Gasteiger partial charge in [0.15, 0.2) is 0 Å². The second-order valence-corrected chi connectivity index (χ2v) is 5.37. The SMILES string of the molecule is Cc1ccc(CNC(C)CN2CCCC2)cc1F. The number of aryl methyl sites for hydroxylation is 1. The van der Waals surface area contributed by atoms with E-state index in [0.29, 0.717) is 11.6 Å². The van der Waals surface area contributed by atoms with Gasteiger partial charge in [0.1, 0.15) is 5.82 Å². The van der Waals surface area contributed by atoms with Crippen LogP contribution in [0.25, 0.3) is 0 Å². The molecule has 18 heavy (non-hydrogen) atoms. The molecule has 1 N–H and O–H groups in total. The van der Waals surface area contributed by atoms with E-state index in [2.05, 4.69) is 17.1 Å². The third-order valence-corrected chi connectivity index (χ3v) is 3.62. The van der Waals surface area contributed by atoms with E-state index in [4.69, 9.17) is 0 Å².